The average molecular weight is 231 g/mol. The van der Waals surface area contributed by atoms with Gasteiger partial charge in [0.05, 0.1) is 11.0 Å². The fourth-order valence-electron chi connectivity index (χ4n) is 1.28. The quantitative estimate of drug-likeness (QED) is 0.718. The summed E-state index contributed by atoms with van der Waals surface area (Å²) in [4.78, 5) is 21.9. The van der Waals surface area contributed by atoms with E-state index in [0.29, 0.717) is 5.92 Å². The molecule has 4 nitrogen and oxygen atoms in total. The van der Waals surface area contributed by atoms with Crippen LogP contribution in [0.25, 0.3) is 0 Å². The van der Waals surface area contributed by atoms with Crippen LogP contribution in [0.4, 0.5) is 0 Å². The zero-order valence-corrected chi connectivity index (χ0v) is 9.84. The topological polar surface area (TPSA) is 66.4 Å². The molecule has 5 heteroatoms. The average Bonchev–Trinajstić information content (AvgIpc) is 2.96. The van der Waals surface area contributed by atoms with Gasteiger partial charge in [0.25, 0.3) is 0 Å². The number of amides is 1. The van der Waals surface area contributed by atoms with E-state index in [2.05, 4.69) is 5.32 Å². The van der Waals surface area contributed by atoms with E-state index in [1.807, 2.05) is 6.92 Å². The SMILES string of the molecule is CC(SCC(=O)NC(C)C1CC1)C(=O)O. The molecule has 1 aliphatic rings. The van der Waals surface area contributed by atoms with E-state index in [4.69, 9.17) is 5.11 Å². The second-order valence-corrected chi connectivity index (χ2v) is 5.31. The van der Waals surface area contributed by atoms with Gasteiger partial charge in [-0.15, -0.1) is 11.8 Å². The number of carboxylic acids is 1. The van der Waals surface area contributed by atoms with Crippen LogP contribution < -0.4 is 5.32 Å². The highest BCUT2D eigenvalue weighted by atomic mass is 32.2. The molecule has 1 fully saturated rings. The molecule has 0 spiro atoms. The third-order valence-corrected chi connectivity index (χ3v) is 3.66. The van der Waals surface area contributed by atoms with Crippen LogP contribution >= 0.6 is 11.8 Å². The molecule has 0 bridgehead atoms. The Morgan fingerprint density at radius 2 is 2.07 bits per heavy atom. The van der Waals surface area contributed by atoms with Crippen molar-refractivity contribution in [3.05, 3.63) is 0 Å². The lowest BCUT2D eigenvalue weighted by Gasteiger charge is -2.13. The zero-order chi connectivity index (χ0) is 11.4. The first-order valence-electron chi connectivity index (χ1n) is 5.14. The van der Waals surface area contributed by atoms with Gasteiger partial charge in [-0.25, -0.2) is 0 Å². The molecule has 0 aromatic heterocycles. The van der Waals surface area contributed by atoms with Gasteiger partial charge in [-0.3, -0.25) is 9.59 Å². The van der Waals surface area contributed by atoms with Gasteiger partial charge in [0.2, 0.25) is 5.91 Å². The van der Waals surface area contributed by atoms with E-state index in [0.717, 1.165) is 11.8 Å². The summed E-state index contributed by atoms with van der Waals surface area (Å²) < 4.78 is 0. The second-order valence-electron chi connectivity index (χ2n) is 3.99. The fraction of sp³-hybridized carbons (Fsp3) is 0.800. The van der Waals surface area contributed by atoms with Gasteiger partial charge in [0, 0.05) is 6.04 Å². The Balaban J connectivity index is 2.15. The number of carbonyl (C=O) groups is 2. The van der Waals surface area contributed by atoms with E-state index in [9.17, 15) is 9.59 Å². The molecular formula is C10H17NO3S. The molecule has 0 aromatic carbocycles. The molecule has 0 heterocycles. The summed E-state index contributed by atoms with van der Waals surface area (Å²) in [6.07, 6.45) is 2.39. The van der Waals surface area contributed by atoms with Crippen molar-refractivity contribution in [3.63, 3.8) is 0 Å². The second kappa shape index (κ2) is 5.39. The van der Waals surface area contributed by atoms with E-state index in [1.165, 1.54) is 12.8 Å². The molecule has 0 aromatic rings. The van der Waals surface area contributed by atoms with Crippen LogP contribution in [0.1, 0.15) is 26.7 Å². The monoisotopic (exact) mass is 231 g/mol. The Labute approximate surface area is 93.8 Å². The molecule has 2 atom stereocenters. The minimum atomic E-state index is -0.872. The third-order valence-electron chi connectivity index (χ3n) is 2.53. The molecule has 0 aliphatic heterocycles. The highest BCUT2D eigenvalue weighted by Crippen LogP contribution is 2.32. The van der Waals surface area contributed by atoms with E-state index in [1.54, 1.807) is 6.92 Å². The predicted octanol–water partition coefficient (Wildman–Crippen LogP) is 1.11. The van der Waals surface area contributed by atoms with Crippen LogP contribution in [0.3, 0.4) is 0 Å². The molecule has 1 rings (SSSR count). The molecule has 15 heavy (non-hydrogen) atoms. The normalized spacial score (nSPS) is 19.3. The minimum absolute atomic E-state index is 0.0625. The highest BCUT2D eigenvalue weighted by Gasteiger charge is 2.28. The summed E-state index contributed by atoms with van der Waals surface area (Å²) in [6, 6.07) is 0.234. The number of hydrogen-bond acceptors (Lipinski definition) is 3. The Hall–Kier alpha value is -0.710. The van der Waals surface area contributed by atoms with Crippen molar-refractivity contribution in [2.75, 3.05) is 5.75 Å². The van der Waals surface area contributed by atoms with Crippen molar-refractivity contribution in [1.82, 2.24) is 5.32 Å². The summed E-state index contributed by atoms with van der Waals surface area (Å²) in [6.45, 7) is 3.59. The van der Waals surface area contributed by atoms with Crippen molar-refractivity contribution < 1.29 is 14.7 Å². The Kier molecular flexibility index (Phi) is 4.45. The Morgan fingerprint density at radius 3 is 2.53 bits per heavy atom. The Morgan fingerprint density at radius 1 is 1.47 bits per heavy atom. The molecule has 1 saturated carbocycles. The van der Waals surface area contributed by atoms with Gasteiger partial charge in [0.1, 0.15) is 0 Å². The smallest absolute Gasteiger partial charge is 0.316 e. The van der Waals surface area contributed by atoms with Crippen molar-refractivity contribution in [1.29, 1.82) is 0 Å². The van der Waals surface area contributed by atoms with Crippen LogP contribution in [0, 0.1) is 5.92 Å². The Bertz CT molecular complexity index is 253. The summed E-state index contributed by atoms with van der Waals surface area (Å²) >= 11 is 1.16. The molecule has 1 amide bonds. The number of nitrogens with one attached hydrogen (secondary N) is 1. The summed E-state index contributed by atoms with van der Waals surface area (Å²) in [5, 5.41) is 11.0. The lowest BCUT2D eigenvalue weighted by Crippen LogP contribution is -2.35. The van der Waals surface area contributed by atoms with Gasteiger partial charge >= 0.3 is 5.97 Å². The standard InChI is InChI=1S/C10H17NO3S/c1-6(8-3-4-8)11-9(12)5-15-7(2)10(13)14/h6-8H,3-5H2,1-2H3,(H,11,12)(H,13,14). The lowest BCUT2D eigenvalue weighted by molar-refractivity contribution is -0.136. The van der Waals surface area contributed by atoms with Crippen molar-refractivity contribution in [3.8, 4) is 0 Å². The van der Waals surface area contributed by atoms with E-state index >= 15 is 0 Å². The van der Waals surface area contributed by atoms with Gasteiger partial charge in [-0.2, -0.15) is 0 Å². The summed E-state index contributed by atoms with van der Waals surface area (Å²) in [5.41, 5.74) is 0. The number of rotatable bonds is 6. The molecule has 86 valence electrons. The highest BCUT2D eigenvalue weighted by molar-refractivity contribution is 8.01. The van der Waals surface area contributed by atoms with Gasteiger partial charge in [-0.1, -0.05) is 0 Å². The van der Waals surface area contributed by atoms with Gasteiger partial charge in [-0.05, 0) is 32.6 Å². The van der Waals surface area contributed by atoms with Crippen LogP contribution in [0.15, 0.2) is 0 Å². The number of aliphatic carboxylic acids is 1. The number of hydrogen-bond donors (Lipinski definition) is 2. The van der Waals surface area contributed by atoms with Crippen molar-refractivity contribution in [2.45, 2.75) is 38.0 Å². The summed E-state index contributed by atoms with van der Waals surface area (Å²) in [5.74, 6) is -0.0729. The van der Waals surface area contributed by atoms with Crippen LogP contribution in [0.2, 0.25) is 0 Å². The molecular weight excluding hydrogens is 214 g/mol. The molecule has 0 saturated heterocycles. The first-order chi connectivity index (χ1) is 7.00. The largest absolute Gasteiger partial charge is 0.480 e. The first kappa shape index (κ1) is 12.4. The minimum Gasteiger partial charge on any atom is -0.480 e. The lowest BCUT2D eigenvalue weighted by atomic mass is 10.2. The van der Waals surface area contributed by atoms with Crippen LogP contribution in [-0.4, -0.2) is 34.0 Å². The maximum Gasteiger partial charge on any atom is 0.316 e. The molecule has 2 unspecified atom stereocenters. The van der Waals surface area contributed by atoms with Crippen LogP contribution in [0.5, 0.6) is 0 Å². The summed E-state index contributed by atoms with van der Waals surface area (Å²) in [7, 11) is 0. The van der Waals surface area contributed by atoms with Gasteiger partial charge in [0.15, 0.2) is 0 Å². The fourth-order valence-corrected chi connectivity index (χ4v) is 1.91. The molecule has 2 N–H and O–H groups in total. The van der Waals surface area contributed by atoms with Gasteiger partial charge < -0.3 is 10.4 Å². The number of thioether (sulfide) groups is 1. The first-order valence-corrected chi connectivity index (χ1v) is 6.19. The zero-order valence-electron chi connectivity index (χ0n) is 9.03. The van der Waals surface area contributed by atoms with Crippen LogP contribution in [-0.2, 0) is 9.59 Å². The van der Waals surface area contributed by atoms with Crippen molar-refractivity contribution >= 4 is 23.6 Å². The van der Waals surface area contributed by atoms with Crippen molar-refractivity contribution in [2.24, 2.45) is 5.92 Å². The third kappa shape index (κ3) is 4.55. The maximum absolute atomic E-state index is 11.4. The predicted molar refractivity (Wildman–Crippen MR) is 59.9 cm³/mol. The maximum atomic E-state index is 11.4. The number of carboxylic acid groups (broad SMARTS) is 1. The molecule has 0 radical (unpaired) electrons. The van der Waals surface area contributed by atoms with E-state index < -0.39 is 11.2 Å². The molecule has 1 aliphatic carbocycles. The number of carbonyl (C=O) groups excluding carboxylic acids is 1. The van der Waals surface area contributed by atoms with E-state index in [-0.39, 0.29) is 17.7 Å².